The molecular weight excluding hydrogens is 320 g/mol. The molecule has 25 heavy (non-hydrogen) atoms. The summed E-state index contributed by atoms with van der Waals surface area (Å²) in [4.78, 5) is 22.9. The fourth-order valence-corrected chi connectivity index (χ4v) is 3.21. The Balaban J connectivity index is 1.62. The van der Waals surface area contributed by atoms with Crippen molar-refractivity contribution in [2.45, 2.75) is 33.2 Å². The Morgan fingerprint density at radius 1 is 1.44 bits per heavy atom. The molecule has 8 heteroatoms. The summed E-state index contributed by atoms with van der Waals surface area (Å²) in [5.41, 5.74) is 0. The quantitative estimate of drug-likeness (QED) is 0.919. The Labute approximate surface area is 147 Å². The van der Waals surface area contributed by atoms with E-state index in [4.69, 9.17) is 4.74 Å². The van der Waals surface area contributed by atoms with Gasteiger partial charge in [-0.2, -0.15) is 5.10 Å². The minimum atomic E-state index is -0.145. The number of pyridine rings is 1. The first-order valence-corrected chi connectivity index (χ1v) is 8.50. The molecule has 1 N–H and O–H groups in total. The number of nitrogens with zero attached hydrogens (tertiary/aromatic N) is 5. The van der Waals surface area contributed by atoms with Gasteiger partial charge in [0.1, 0.15) is 11.6 Å². The van der Waals surface area contributed by atoms with Crippen LogP contribution in [0, 0.1) is 19.8 Å². The van der Waals surface area contributed by atoms with Crippen LogP contribution >= 0.6 is 0 Å². The van der Waals surface area contributed by atoms with Gasteiger partial charge in [0.15, 0.2) is 11.6 Å². The SMILES string of the molecule is COc1cccnc1NC(=O)N1CCC[C@@H](Cn2nc(C)nc2C)C1. The van der Waals surface area contributed by atoms with E-state index < -0.39 is 0 Å². The monoisotopic (exact) mass is 344 g/mol. The Morgan fingerprint density at radius 3 is 3.00 bits per heavy atom. The van der Waals surface area contributed by atoms with Crippen molar-refractivity contribution >= 4 is 11.8 Å². The van der Waals surface area contributed by atoms with Gasteiger partial charge in [0.05, 0.1) is 7.11 Å². The van der Waals surface area contributed by atoms with E-state index >= 15 is 0 Å². The van der Waals surface area contributed by atoms with Crippen LogP contribution in [0.4, 0.5) is 10.6 Å². The minimum Gasteiger partial charge on any atom is -0.493 e. The lowest BCUT2D eigenvalue weighted by Crippen LogP contribution is -2.43. The van der Waals surface area contributed by atoms with Crippen LogP contribution in [0.3, 0.4) is 0 Å². The van der Waals surface area contributed by atoms with E-state index in [-0.39, 0.29) is 6.03 Å². The molecule has 134 valence electrons. The van der Waals surface area contributed by atoms with Crippen molar-refractivity contribution in [1.82, 2.24) is 24.6 Å². The van der Waals surface area contributed by atoms with Gasteiger partial charge in [0, 0.05) is 25.8 Å². The molecule has 0 aromatic carbocycles. The predicted molar refractivity (Wildman–Crippen MR) is 93.6 cm³/mol. The van der Waals surface area contributed by atoms with Gasteiger partial charge in [0.2, 0.25) is 0 Å². The minimum absolute atomic E-state index is 0.145. The summed E-state index contributed by atoms with van der Waals surface area (Å²) in [6.45, 7) is 6.07. The van der Waals surface area contributed by atoms with Crippen LogP contribution in [-0.4, -0.2) is 50.9 Å². The van der Waals surface area contributed by atoms with Gasteiger partial charge in [-0.3, -0.25) is 5.32 Å². The van der Waals surface area contributed by atoms with Crippen molar-refractivity contribution in [3.05, 3.63) is 30.0 Å². The topological polar surface area (TPSA) is 85.2 Å². The number of hydrogen-bond acceptors (Lipinski definition) is 5. The molecule has 3 rings (SSSR count). The molecule has 1 aliphatic heterocycles. The number of likely N-dealkylation sites (tertiary alicyclic amines) is 1. The number of piperidine rings is 1. The number of anilines is 1. The first kappa shape index (κ1) is 17.2. The molecule has 0 aliphatic carbocycles. The Hall–Kier alpha value is -2.64. The molecule has 0 unspecified atom stereocenters. The van der Waals surface area contributed by atoms with E-state index in [1.54, 1.807) is 25.4 Å². The van der Waals surface area contributed by atoms with Crippen LogP contribution in [-0.2, 0) is 6.54 Å². The molecule has 8 nitrogen and oxygen atoms in total. The zero-order valence-corrected chi connectivity index (χ0v) is 14.9. The van der Waals surface area contributed by atoms with Crippen LogP contribution in [0.15, 0.2) is 18.3 Å². The average Bonchev–Trinajstić information content (AvgIpc) is 2.92. The van der Waals surface area contributed by atoms with Crippen molar-refractivity contribution < 1.29 is 9.53 Å². The number of rotatable bonds is 4. The lowest BCUT2D eigenvalue weighted by Gasteiger charge is -2.32. The van der Waals surface area contributed by atoms with Crippen molar-refractivity contribution in [3.63, 3.8) is 0 Å². The smallest absolute Gasteiger partial charge is 0.323 e. The Morgan fingerprint density at radius 2 is 2.28 bits per heavy atom. The second kappa shape index (κ2) is 7.50. The van der Waals surface area contributed by atoms with Gasteiger partial charge < -0.3 is 9.64 Å². The third-order valence-corrected chi connectivity index (χ3v) is 4.42. The zero-order chi connectivity index (χ0) is 17.8. The molecule has 3 heterocycles. The number of urea groups is 1. The highest BCUT2D eigenvalue weighted by Gasteiger charge is 2.25. The molecule has 0 saturated carbocycles. The number of nitrogens with one attached hydrogen (secondary N) is 1. The Kier molecular flexibility index (Phi) is 5.16. The van der Waals surface area contributed by atoms with Crippen LogP contribution < -0.4 is 10.1 Å². The molecule has 1 atom stereocenters. The highest BCUT2D eigenvalue weighted by Crippen LogP contribution is 2.23. The lowest BCUT2D eigenvalue weighted by atomic mass is 9.98. The third kappa shape index (κ3) is 4.07. The van der Waals surface area contributed by atoms with Crippen LogP contribution in [0.1, 0.15) is 24.5 Å². The van der Waals surface area contributed by atoms with Crippen molar-refractivity contribution in [2.75, 3.05) is 25.5 Å². The van der Waals surface area contributed by atoms with E-state index in [2.05, 4.69) is 20.4 Å². The van der Waals surface area contributed by atoms with Gasteiger partial charge in [-0.05, 0) is 44.7 Å². The maximum Gasteiger partial charge on any atom is 0.323 e. The zero-order valence-electron chi connectivity index (χ0n) is 14.9. The van der Waals surface area contributed by atoms with Crippen LogP contribution in [0.5, 0.6) is 5.75 Å². The highest BCUT2D eigenvalue weighted by molar-refractivity contribution is 5.89. The molecule has 2 aromatic heterocycles. The van der Waals surface area contributed by atoms with Gasteiger partial charge in [-0.25, -0.2) is 19.4 Å². The summed E-state index contributed by atoms with van der Waals surface area (Å²) in [7, 11) is 1.56. The van der Waals surface area contributed by atoms with E-state index in [0.29, 0.717) is 24.0 Å². The van der Waals surface area contributed by atoms with E-state index in [1.165, 1.54) is 0 Å². The number of ether oxygens (including phenoxy) is 1. The molecule has 2 amide bonds. The fraction of sp³-hybridized carbons (Fsp3) is 0.529. The predicted octanol–water partition coefficient (Wildman–Crippen LogP) is 2.24. The molecule has 1 fully saturated rings. The maximum atomic E-state index is 12.6. The summed E-state index contributed by atoms with van der Waals surface area (Å²) in [6.07, 6.45) is 3.69. The first-order valence-electron chi connectivity index (χ1n) is 8.50. The maximum absolute atomic E-state index is 12.6. The second-order valence-corrected chi connectivity index (χ2v) is 6.33. The molecule has 0 bridgehead atoms. The summed E-state index contributed by atoms with van der Waals surface area (Å²) < 4.78 is 7.17. The van der Waals surface area contributed by atoms with Crippen molar-refractivity contribution in [1.29, 1.82) is 0 Å². The first-order chi connectivity index (χ1) is 12.1. The van der Waals surface area contributed by atoms with Crippen molar-refractivity contribution in [3.8, 4) is 5.75 Å². The summed E-state index contributed by atoms with van der Waals surface area (Å²) >= 11 is 0. The Bertz CT molecular complexity index is 744. The molecule has 1 saturated heterocycles. The average molecular weight is 344 g/mol. The standard InChI is InChI=1S/C17H24N6O2/c1-12-19-13(2)23(21-12)11-14-6-5-9-22(10-14)17(24)20-16-15(25-3)7-4-8-18-16/h4,7-8,14H,5-6,9-11H2,1-3H3,(H,18,20,24)/t14-/m1/s1. The number of hydrogen-bond donors (Lipinski definition) is 1. The molecule has 2 aromatic rings. The summed E-state index contributed by atoms with van der Waals surface area (Å²) in [5, 5.41) is 7.27. The second-order valence-electron chi connectivity index (χ2n) is 6.33. The molecule has 0 radical (unpaired) electrons. The van der Waals surface area contributed by atoms with E-state index in [1.807, 2.05) is 23.4 Å². The normalized spacial score (nSPS) is 17.4. The number of aryl methyl sites for hydroxylation is 2. The molecule has 1 aliphatic rings. The number of carbonyl (C=O) groups excluding carboxylic acids is 1. The van der Waals surface area contributed by atoms with Crippen LogP contribution in [0.2, 0.25) is 0 Å². The van der Waals surface area contributed by atoms with Gasteiger partial charge in [-0.1, -0.05) is 0 Å². The number of methoxy groups -OCH3 is 1. The lowest BCUT2D eigenvalue weighted by molar-refractivity contribution is 0.168. The van der Waals surface area contributed by atoms with Gasteiger partial charge >= 0.3 is 6.03 Å². The largest absolute Gasteiger partial charge is 0.493 e. The van der Waals surface area contributed by atoms with E-state index in [0.717, 1.165) is 37.6 Å². The number of amides is 2. The fourth-order valence-electron chi connectivity index (χ4n) is 3.21. The number of aromatic nitrogens is 4. The molecular formula is C17H24N6O2. The van der Waals surface area contributed by atoms with Gasteiger partial charge in [-0.15, -0.1) is 0 Å². The van der Waals surface area contributed by atoms with Crippen LogP contribution in [0.25, 0.3) is 0 Å². The number of carbonyl (C=O) groups is 1. The highest BCUT2D eigenvalue weighted by atomic mass is 16.5. The summed E-state index contributed by atoms with van der Waals surface area (Å²) in [6, 6.07) is 3.40. The van der Waals surface area contributed by atoms with Crippen molar-refractivity contribution in [2.24, 2.45) is 5.92 Å². The summed E-state index contributed by atoms with van der Waals surface area (Å²) in [5.74, 6) is 3.06. The molecule has 0 spiro atoms. The third-order valence-electron chi connectivity index (χ3n) is 4.42. The van der Waals surface area contributed by atoms with E-state index in [9.17, 15) is 4.79 Å². The van der Waals surface area contributed by atoms with Gasteiger partial charge in [0.25, 0.3) is 0 Å².